The Bertz CT molecular complexity index is 576. The minimum Gasteiger partial charge on any atom is -0.461 e. The lowest BCUT2D eigenvalue weighted by Gasteiger charge is -2.11. The van der Waals surface area contributed by atoms with Crippen LogP contribution in [0.5, 0.6) is 0 Å². The standard InChI is InChI=1S/C14H13BrF2INO3/c1-2-22-13(21)14(16,17)7-11(18)8-19-12(20)9-3-5-10(15)6-4-9/h3-7H,2,8H2,1H3,(H,19,20). The molecule has 4 nitrogen and oxygen atoms in total. The van der Waals surface area contributed by atoms with Gasteiger partial charge in [-0.2, -0.15) is 8.78 Å². The summed E-state index contributed by atoms with van der Waals surface area (Å²) in [7, 11) is 0. The van der Waals surface area contributed by atoms with Crippen LogP contribution >= 0.6 is 38.5 Å². The van der Waals surface area contributed by atoms with Gasteiger partial charge in [0.2, 0.25) is 0 Å². The molecule has 0 atom stereocenters. The van der Waals surface area contributed by atoms with Crippen molar-refractivity contribution >= 4 is 50.4 Å². The van der Waals surface area contributed by atoms with Gasteiger partial charge in [0.05, 0.1) is 6.61 Å². The van der Waals surface area contributed by atoms with E-state index < -0.39 is 17.8 Å². The maximum absolute atomic E-state index is 13.5. The molecule has 0 unspecified atom stereocenters. The van der Waals surface area contributed by atoms with Crippen molar-refractivity contribution in [3.05, 3.63) is 44.0 Å². The number of esters is 1. The number of halogens is 4. The number of amides is 1. The number of hydrogen-bond donors (Lipinski definition) is 1. The lowest BCUT2D eigenvalue weighted by Crippen LogP contribution is -2.30. The largest absolute Gasteiger partial charge is 0.461 e. The van der Waals surface area contributed by atoms with Gasteiger partial charge in [0.1, 0.15) is 0 Å². The fourth-order valence-corrected chi connectivity index (χ4v) is 2.25. The molecule has 0 radical (unpaired) electrons. The molecule has 1 aromatic rings. The second kappa shape index (κ2) is 8.56. The van der Waals surface area contributed by atoms with E-state index in [1.807, 2.05) is 0 Å². The van der Waals surface area contributed by atoms with E-state index >= 15 is 0 Å². The molecule has 1 N–H and O–H groups in total. The normalized spacial score (nSPS) is 12.0. The van der Waals surface area contributed by atoms with Gasteiger partial charge in [-0.1, -0.05) is 15.9 Å². The first kappa shape index (κ1) is 19.0. The SMILES string of the molecule is CCOC(=O)C(F)(F)C=C(I)CNC(=O)c1ccc(Br)cc1. The molecule has 22 heavy (non-hydrogen) atoms. The predicted octanol–water partition coefficient (Wildman–Crippen LogP) is 3.70. The summed E-state index contributed by atoms with van der Waals surface area (Å²) in [5.41, 5.74) is 0.407. The van der Waals surface area contributed by atoms with Crippen molar-refractivity contribution in [1.29, 1.82) is 0 Å². The Hall–Kier alpha value is -1.03. The van der Waals surface area contributed by atoms with E-state index in [-0.39, 0.29) is 16.7 Å². The van der Waals surface area contributed by atoms with Crippen LogP contribution in [0.3, 0.4) is 0 Å². The lowest BCUT2D eigenvalue weighted by molar-refractivity contribution is -0.164. The quantitative estimate of drug-likeness (QED) is 0.491. The number of nitrogens with one attached hydrogen (secondary N) is 1. The number of rotatable bonds is 6. The van der Waals surface area contributed by atoms with Crippen LogP contribution in [-0.4, -0.2) is 31.0 Å². The summed E-state index contributed by atoms with van der Waals surface area (Å²) in [5.74, 6) is -5.72. The van der Waals surface area contributed by atoms with E-state index in [4.69, 9.17) is 0 Å². The summed E-state index contributed by atoms with van der Waals surface area (Å²) in [6.07, 6.45) is 0.480. The highest BCUT2D eigenvalue weighted by Crippen LogP contribution is 2.22. The molecule has 1 amide bonds. The molecule has 0 aliphatic heterocycles. The molecule has 0 heterocycles. The molecule has 0 aliphatic carbocycles. The van der Waals surface area contributed by atoms with Crippen LogP contribution in [0.25, 0.3) is 0 Å². The second-order valence-corrected chi connectivity index (χ2v) is 6.43. The van der Waals surface area contributed by atoms with Crippen molar-refractivity contribution in [3.63, 3.8) is 0 Å². The van der Waals surface area contributed by atoms with Crippen LogP contribution in [0.15, 0.2) is 38.4 Å². The third-order valence-corrected chi connectivity index (χ3v) is 3.63. The van der Waals surface area contributed by atoms with Crippen LogP contribution in [0.2, 0.25) is 0 Å². The Morgan fingerprint density at radius 3 is 2.50 bits per heavy atom. The Labute approximate surface area is 148 Å². The van der Waals surface area contributed by atoms with Gasteiger partial charge in [0, 0.05) is 26.2 Å². The third kappa shape index (κ3) is 5.99. The summed E-state index contributed by atoms with van der Waals surface area (Å²) in [6, 6.07) is 6.60. The van der Waals surface area contributed by atoms with E-state index in [2.05, 4.69) is 26.0 Å². The van der Waals surface area contributed by atoms with Gasteiger partial charge in [0.25, 0.3) is 5.91 Å². The van der Waals surface area contributed by atoms with E-state index in [0.29, 0.717) is 11.6 Å². The number of hydrogen-bond acceptors (Lipinski definition) is 3. The van der Waals surface area contributed by atoms with Gasteiger partial charge < -0.3 is 10.1 Å². The van der Waals surface area contributed by atoms with Gasteiger partial charge >= 0.3 is 11.9 Å². The molecule has 0 aliphatic rings. The maximum atomic E-state index is 13.5. The zero-order valence-electron chi connectivity index (χ0n) is 11.5. The fraction of sp³-hybridized carbons (Fsp3) is 0.286. The van der Waals surface area contributed by atoms with Crippen LogP contribution in [0, 0.1) is 0 Å². The molecule has 120 valence electrons. The number of ether oxygens (including phenoxy) is 1. The zero-order chi connectivity index (χ0) is 16.8. The first-order chi connectivity index (χ1) is 10.3. The number of alkyl halides is 2. The van der Waals surface area contributed by atoms with Gasteiger partial charge in [-0.15, -0.1) is 0 Å². The van der Waals surface area contributed by atoms with Crippen molar-refractivity contribution in [1.82, 2.24) is 5.32 Å². The van der Waals surface area contributed by atoms with Gasteiger partial charge in [0.15, 0.2) is 0 Å². The van der Waals surface area contributed by atoms with Crippen molar-refractivity contribution in [2.24, 2.45) is 0 Å². The predicted molar refractivity (Wildman–Crippen MR) is 90.2 cm³/mol. The maximum Gasteiger partial charge on any atom is 0.381 e. The highest BCUT2D eigenvalue weighted by molar-refractivity contribution is 14.1. The van der Waals surface area contributed by atoms with Crippen molar-refractivity contribution < 1.29 is 23.1 Å². The Kier molecular flexibility index (Phi) is 7.40. The summed E-state index contributed by atoms with van der Waals surface area (Å²) in [6.45, 7) is 1.21. The van der Waals surface area contributed by atoms with Crippen molar-refractivity contribution in [2.45, 2.75) is 12.8 Å². The Morgan fingerprint density at radius 2 is 1.95 bits per heavy atom. The lowest BCUT2D eigenvalue weighted by atomic mass is 10.2. The molecule has 0 saturated heterocycles. The Balaban J connectivity index is 2.63. The third-order valence-electron chi connectivity index (χ3n) is 2.41. The molecule has 0 bridgehead atoms. The molecule has 0 fully saturated rings. The summed E-state index contributed by atoms with van der Waals surface area (Å²) >= 11 is 4.88. The second-order valence-electron chi connectivity index (χ2n) is 4.12. The van der Waals surface area contributed by atoms with Gasteiger partial charge in [-0.3, -0.25) is 4.79 Å². The molecule has 0 saturated carbocycles. The first-order valence-electron chi connectivity index (χ1n) is 6.22. The van der Waals surface area contributed by atoms with E-state index in [1.165, 1.54) is 6.92 Å². The van der Waals surface area contributed by atoms with Crippen LogP contribution in [-0.2, 0) is 9.53 Å². The first-order valence-corrected chi connectivity index (χ1v) is 8.09. The summed E-state index contributed by atoms with van der Waals surface area (Å²) < 4.78 is 32.2. The van der Waals surface area contributed by atoms with E-state index in [1.54, 1.807) is 46.9 Å². The van der Waals surface area contributed by atoms with Gasteiger partial charge in [-0.05, 0) is 53.8 Å². The van der Waals surface area contributed by atoms with Crippen molar-refractivity contribution in [2.75, 3.05) is 13.2 Å². The fourth-order valence-electron chi connectivity index (χ4n) is 1.40. The van der Waals surface area contributed by atoms with Crippen LogP contribution in [0.1, 0.15) is 17.3 Å². The number of carbonyl (C=O) groups is 2. The number of carbonyl (C=O) groups excluding carboxylic acids is 2. The molecular weight excluding hydrogens is 475 g/mol. The van der Waals surface area contributed by atoms with Crippen molar-refractivity contribution in [3.8, 4) is 0 Å². The summed E-state index contributed by atoms with van der Waals surface area (Å²) in [4.78, 5) is 22.9. The minimum absolute atomic E-state index is 0.107. The van der Waals surface area contributed by atoms with Crippen LogP contribution in [0.4, 0.5) is 8.78 Å². The minimum atomic E-state index is -3.71. The summed E-state index contributed by atoms with van der Waals surface area (Å²) in [5, 5.41) is 2.50. The molecule has 1 rings (SSSR count). The molecule has 1 aromatic carbocycles. The highest BCUT2D eigenvalue weighted by atomic mass is 127. The van der Waals surface area contributed by atoms with Crippen LogP contribution < -0.4 is 5.32 Å². The molecule has 8 heteroatoms. The topological polar surface area (TPSA) is 55.4 Å². The molecular formula is C14H13BrF2INO3. The molecule has 0 aromatic heterocycles. The monoisotopic (exact) mass is 487 g/mol. The van der Waals surface area contributed by atoms with Gasteiger partial charge in [-0.25, -0.2) is 4.79 Å². The molecule has 0 spiro atoms. The highest BCUT2D eigenvalue weighted by Gasteiger charge is 2.38. The number of benzene rings is 1. The average molecular weight is 488 g/mol. The van der Waals surface area contributed by atoms with E-state index in [0.717, 1.165) is 4.47 Å². The smallest absolute Gasteiger partial charge is 0.381 e. The Morgan fingerprint density at radius 1 is 1.36 bits per heavy atom. The van der Waals surface area contributed by atoms with E-state index in [9.17, 15) is 18.4 Å². The average Bonchev–Trinajstić information content (AvgIpc) is 2.45. The zero-order valence-corrected chi connectivity index (χ0v) is 15.3.